The Morgan fingerprint density at radius 3 is 1.06 bits per heavy atom. The van der Waals surface area contributed by atoms with Crippen LogP contribution in [0.2, 0.25) is 0 Å². The molecule has 18 rings (SSSR count). The molecule has 0 saturated carbocycles. The molecule has 15 aromatic carbocycles. The lowest BCUT2D eigenvalue weighted by molar-refractivity contribution is 0.671. The quantitative estimate of drug-likeness (QED) is 0.107. The van der Waals surface area contributed by atoms with Crippen molar-refractivity contribution in [3.63, 3.8) is 0 Å². The molecule has 0 spiro atoms. The van der Waals surface area contributed by atoms with E-state index in [1.807, 2.05) is 0 Å². The molecule has 1 aromatic heterocycles. The van der Waals surface area contributed by atoms with E-state index in [9.17, 15) is 0 Å². The van der Waals surface area contributed by atoms with Gasteiger partial charge in [0.25, 0.3) is 6.71 Å². The molecule has 0 bridgehead atoms. The SMILES string of the molecule is c1ccc(-c2cc3c4c(c2)N(c2c(-c5ccccc5)cccc2-c2ccccc2)c2cc(N(c5ccccc5)c5ccccc5)c5c(oc6ccccc65)c2B4c2ccc(N(c4ccccc4)c4ccccc4)cc2N3c2c(-c3ccccc3)cccc2-c2ccccc2)cc1. The number of nitrogens with zero attached hydrogens (tertiary/aromatic N) is 4. The number of fused-ring (bicyclic) bond motifs is 8. The molecule has 2 aliphatic heterocycles. The topological polar surface area (TPSA) is 26.1 Å². The van der Waals surface area contributed by atoms with Crippen molar-refractivity contribution >= 4 is 113 Å². The molecule has 0 N–H and O–H groups in total. The minimum Gasteiger partial charge on any atom is -0.456 e. The van der Waals surface area contributed by atoms with Crippen LogP contribution in [0.3, 0.4) is 0 Å². The summed E-state index contributed by atoms with van der Waals surface area (Å²) in [6.07, 6.45) is 0. The van der Waals surface area contributed by atoms with Crippen LogP contribution in [-0.4, -0.2) is 6.71 Å². The Morgan fingerprint density at radius 1 is 0.260 bits per heavy atom. The molecule has 0 saturated heterocycles. The average molecular weight is 1230 g/mol. The molecule has 5 nitrogen and oxygen atoms in total. The van der Waals surface area contributed by atoms with E-state index in [1.165, 1.54) is 0 Å². The van der Waals surface area contributed by atoms with E-state index in [2.05, 4.69) is 390 Å². The highest BCUT2D eigenvalue weighted by Gasteiger charge is 2.48. The average Bonchev–Trinajstić information content (AvgIpc) is 1.01. The summed E-state index contributed by atoms with van der Waals surface area (Å²) in [5.41, 5.74) is 28.5. The van der Waals surface area contributed by atoms with Gasteiger partial charge in [0.2, 0.25) is 0 Å². The molecule has 2 aliphatic rings. The molecule has 0 aliphatic carbocycles. The Kier molecular flexibility index (Phi) is 13.9. The zero-order valence-corrected chi connectivity index (χ0v) is 52.5. The van der Waals surface area contributed by atoms with Crippen LogP contribution in [0.1, 0.15) is 0 Å². The van der Waals surface area contributed by atoms with E-state index >= 15 is 0 Å². The minimum absolute atomic E-state index is 0.402. The van der Waals surface area contributed by atoms with Crippen LogP contribution in [-0.2, 0) is 0 Å². The summed E-state index contributed by atoms with van der Waals surface area (Å²) in [5.74, 6) is 0. The van der Waals surface area contributed by atoms with E-state index in [4.69, 9.17) is 4.42 Å². The van der Waals surface area contributed by atoms with Crippen molar-refractivity contribution in [2.75, 3.05) is 19.6 Å². The van der Waals surface area contributed by atoms with Gasteiger partial charge in [-0.05, 0) is 135 Å². The van der Waals surface area contributed by atoms with Crippen LogP contribution < -0.4 is 36.0 Å². The molecule has 16 aromatic rings. The van der Waals surface area contributed by atoms with E-state index in [1.54, 1.807) is 0 Å². The number of hydrogen-bond acceptors (Lipinski definition) is 5. The lowest BCUT2D eigenvalue weighted by Gasteiger charge is -2.46. The monoisotopic (exact) mass is 1220 g/mol. The maximum absolute atomic E-state index is 7.81. The van der Waals surface area contributed by atoms with Crippen LogP contribution in [0.25, 0.3) is 77.6 Å². The molecule has 0 atom stereocenters. The fourth-order valence-electron chi connectivity index (χ4n) is 15.1. The van der Waals surface area contributed by atoms with Crippen LogP contribution in [0.15, 0.2) is 374 Å². The van der Waals surface area contributed by atoms with Gasteiger partial charge in [0, 0.05) is 78.8 Å². The molecule has 3 heterocycles. The van der Waals surface area contributed by atoms with Gasteiger partial charge < -0.3 is 24.0 Å². The van der Waals surface area contributed by atoms with Gasteiger partial charge in [-0.25, -0.2) is 0 Å². The Hall–Kier alpha value is -12.6. The van der Waals surface area contributed by atoms with Crippen LogP contribution in [0.4, 0.5) is 68.2 Å². The van der Waals surface area contributed by atoms with Gasteiger partial charge in [0.15, 0.2) is 0 Å². The lowest BCUT2D eigenvalue weighted by atomic mass is 9.33. The number of hydrogen-bond donors (Lipinski definition) is 0. The normalized spacial score (nSPS) is 12.1. The van der Waals surface area contributed by atoms with E-state index in [-0.39, 0.29) is 0 Å². The first kappa shape index (κ1) is 56.1. The van der Waals surface area contributed by atoms with Gasteiger partial charge >= 0.3 is 0 Å². The summed E-state index contributed by atoms with van der Waals surface area (Å²) < 4.78 is 7.81. The highest BCUT2D eigenvalue weighted by Crippen LogP contribution is 2.56. The molecular formula is C90H61BN4O. The summed E-state index contributed by atoms with van der Waals surface area (Å²) in [5, 5.41) is 2.07. The molecule has 0 radical (unpaired) electrons. The Balaban J connectivity index is 1.06. The molecule has 0 amide bonds. The fraction of sp³-hybridized carbons (Fsp3) is 0. The molecule has 0 unspecified atom stereocenters. The third-order valence-corrected chi connectivity index (χ3v) is 19.2. The highest BCUT2D eigenvalue weighted by atomic mass is 16.3. The second kappa shape index (κ2) is 23.8. The van der Waals surface area contributed by atoms with E-state index in [0.717, 1.165) is 162 Å². The summed E-state index contributed by atoms with van der Waals surface area (Å²) in [6, 6.07) is 135. The summed E-state index contributed by atoms with van der Waals surface area (Å²) in [7, 11) is 0. The Labute approximate surface area is 559 Å². The second-order valence-electron chi connectivity index (χ2n) is 24.7. The largest absolute Gasteiger partial charge is 0.456 e. The molecule has 6 heteroatoms. The fourth-order valence-corrected chi connectivity index (χ4v) is 15.1. The number of anilines is 12. The number of furan rings is 1. The third-order valence-electron chi connectivity index (χ3n) is 19.2. The molecule has 0 fully saturated rings. The molecule has 450 valence electrons. The van der Waals surface area contributed by atoms with Gasteiger partial charge in [-0.2, -0.15) is 0 Å². The van der Waals surface area contributed by atoms with Crippen molar-refractivity contribution in [1.29, 1.82) is 0 Å². The van der Waals surface area contributed by atoms with E-state index in [0.29, 0.717) is 0 Å². The Morgan fingerprint density at radius 2 is 0.625 bits per heavy atom. The summed E-state index contributed by atoms with van der Waals surface area (Å²) >= 11 is 0. The maximum Gasteiger partial charge on any atom is 0.257 e. The minimum atomic E-state index is -0.402. The van der Waals surface area contributed by atoms with Gasteiger partial charge in [-0.15, -0.1) is 0 Å². The van der Waals surface area contributed by atoms with E-state index < -0.39 is 6.71 Å². The summed E-state index contributed by atoms with van der Waals surface area (Å²) in [6.45, 7) is -0.402. The van der Waals surface area contributed by atoms with Gasteiger partial charge in [-0.1, -0.05) is 285 Å². The van der Waals surface area contributed by atoms with Crippen LogP contribution >= 0.6 is 0 Å². The molecular weight excluding hydrogens is 1160 g/mol. The summed E-state index contributed by atoms with van der Waals surface area (Å²) in [4.78, 5) is 10.1. The first-order valence-electron chi connectivity index (χ1n) is 32.9. The third kappa shape index (κ3) is 9.49. The number of rotatable bonds is 13. The smallest absolute Gasteiger partial charge is 0.257 e. The van der Waals surface area contributed by atoms with Crippen molar-refractivity contribution < 1.29 is 4.42 Å². The zero-order chi connectivity index (χ0) is 63.5. The number of benzene rings is 15. The van der Waals surface area contributed by atoms with Crippen molar-refractivity contribution in [2.45, 2.75) is 0 Å². The highest BCUT2D eigenvalue weighted by molar-refractivity contribution is 7.01. The van der Waals surface area contributed by atoms with Crippen molar-refractivity contribution in [3.8, 4) is 55.6 Å². The second-order valence-corrected chi connectivity index (χ2v) is 24.7. The van der Waals surface area contributed by atoms with Crippen molar-refractivity contribution in [2.24, 2.45) is 0 Å². The first-order valence-corrected chi connectivity index (χ1v) is 32.9. The van der Waals surface area contributed by atoms with Crippen molar-refractivity contribution in [3.05, 3.63) is 370 Å². The first-order chi connectivity index (χ1) is 47.7. The van der Waals surface area contributed by atoms with Gasteiger partial charge in [-0.3, -0.25) is 0 Å². The predicted molar refractivity (Wildman–Crippen MR) is 404 cm³/mol. The lowest BCUT2D eigenvalue weighted by Crippen LogP contribution is -2.61. The standard InChI is InChI=1S/C90H61BN4O/c1-10-32-62(33-11-1)67-58-81-86-82(59-67)95(89-75(65-38-16-4-17-39-65)53-31-54-76(89)66-40-18-5-19-41-66)83-61-80(93(70-46-24-8-25-47-70)71-48-26-9-27-49-71)85-77-50-28-29-55-84(77)96-90(85)87(83)91(86)78-57-56-72(92(68-42-20-6-21-43-68)69-44-22-7-23-45-69)60-79(78)94(81)88-73(63-34-12-2-13-35-63)51-30-52-74(88)64-36-14-3-15-37-64/h1-61H. The van der Waals surface area contributed by atoms with Gasteiger partial charge in [0.1, 0.15) is 11.2 Å². The van der Waals surface area contributed by atoms with Crippen molar-refractivity contribution in [1.82, 2.24) is 0 Å². The number of para-hydroxylation sites is 7. The Bertz CT molecular complexity index is 5310. The van der Waals surface area contributed by atoms with Crippen LogP contribution in [0, 0.1) is 0 Å². The van der Waals surface area contributed by atoms with Crippen LogP contribution in [0.5, 0.6) is 0 Å². The predicted octanol–water partition coefficient (Wildman–Crippen LogP) is 22.9. The molecule has 96 heavy (non-hydrogen) atoms. The maximum atomic E-state index is 7.81. The van der Waals surface area contributed by atoms with Gasteiger partial charge in [0.05, 0.1) is 22.4 Å². The zero-order valence-electron chi connectivity index (χ0n) is 52.5.